The van der Waals surface area contributed by atoms with Gasteiger partial charge in [-0.3, -0.25) is 9.59 Å². The maximum absolute atomic E-state index is 13.4. The van der Waals surface area contributed by atoms with Gasteiger partial charge >= 0.3 is 0 Å². The molecule has 1 aliphatic heterocycles. The molecule has 2 aromatic carbocycles. The number of likely N-dealkylation sites (tertiary alicyclic amines) is 1. The van der Waals surface area contributed by atoms with Crippen LogP contribution in [0.25, 0.3) is 10.8 Å². The first kappa shape index (κ1) is 19.4. The summed E-state index contributed by atoms with van der Waals surface area (Å²) in [6, 6.07) is 17.8. The monoisotopic (exact) mass is 389 g/mol. The summed E-state index contributed by atoms with van der Waals surface area (Å²) >= 11 is 0. The highest BCUT2D eigenvalue weighted by molar-refractivity contribution is 6.04. The first-order valence-corrected chi connectivity index (χ1v) is 10.4. The smallest absolute Gasteiger partial charge is 0.274 e. The van der Waals surface area contributed by atoms with E-state index in [4.69, 9.17) is 0 Å². The second-order valence-electron chi connectivity index (χ2n) is 8.25. The number of benzene rings is 2. The van der Waals surface area contributed by atoms with Crippen LogP contribution in [-0.2, 0) is 6.54 Å². The summed E-state index contributed by atoms with van der Waals surface area (Å²) in [4.78, 5) is 28.0. The summed E-state index contributed by atoms with van der Waals surface area (Å²) < 4.78 is 1.46. The van der Waals surface area contributed by atoms with Gasteiger partial charge in [-0.1, -0.05) is 62.4 Å². The molecule has 0 atom stereocenters. The largest absolute Gasteiger partial charge is 0.337 e. The minimum absolute atomic E-state index is 0.0785. The summed E-state index contributed by atoms with van der Waals surface area (Å²) in [7, 11) is 0. The zero-order valence-corrected chi connectivity index (χ0v) is 17.0. The summed E-state index contributed by atoms with van der Waals surface area (Å²) in [5, 5.41) is 5.71. The Balaban J connectivity index is 1.62. The van der Waals surface area contributed by atoms with Crippen LogP contribution in [0.5, 0.6) is 0 Å². The molecule has 3 aromatic rings. The molecule has 4 rings (SSSR count). The molecular formula is C24H27N3O2. The van der Waals surface area contributed by atoms with Crippen LogP contribution in [0.1, 0.15) is 48.7 Å². The molecule has 1 amide bonds. The van der Waals surface area contributed by atoms with Crippen molar-refractivity contribution < 1.29 is 4.79 Å². The second-order valence-corrected chi connectivity index (χ2v) is 8.25. The first-order valence-electron chi connectivity index (χ1n) is 10.4. The predicted octanol–water partition coefficient (Wildman–Crippen LogP) is 4.07. The average Bonchev–Trinajstić information content (AvgIpc) is 2.76. The van der Waals surface area contributed by atoms with Crippen LogP contribution in [0, 0.1) is 5.92 Å². The number of carbonyl (C=O) groups is 1. The van der Waals surface area contributed by atoms with Crippen LogP contribution < -0.4 is 5.56 Å². The predicted molar refractivity (Wildman–Crippen MR) is 115 cm³/mol. The number of hydrogen-bond acceptors (Lipinski definition) is 3. The Morgan fingerprint density at radius 2 is 1.62 bits per heavy atom. The summed E-state index contributed by atoms with van der Waals surface area (Å²) in [5.41, 5.74) is 1.60. The topological polar surface area (TPSA) is 55.2 Å². The Morgan fingerprint density at radius 3 is 2.28 bits per heavy atom. The van der Waals surface area contributed by atoms with Crippen molar-refractivity contribution >= 4 is 16.7 Å². The van der Waals surface area contributed by atoms with E-state index in [2.05, 4.69) is 29.4 Å². The molecule has 0 N–H and O–H groups in total. The highest BCUT2D eigenvalue weighted by Crippen LogP contribution is 2.28. The molecule has 0 unspecified atom stereocenters. The van der Waals surface area contributed by atoms with Crippen LogP contribution in [0.3, 0.4) is 0 Å². The van der Waals surface area contributed by atoms with E-state index in [1.165, 1.54) is 10.2 Å². The molecule has 0 spiro atoms. The average molecular weight is 389 g/mol. The number of carbonyl (C=O) groups excluding carboxylic acids is 1. The van der Waals surface area contributed by atoms with Crippen LogP contribution in [0.15, 0.2) is 59.4 Å². The zero-order chi connectivity index (χ0) is 20.4. The Kier molecular flexibility index (Phi) is 5.47. The van der Waals surface area contributed by atoms with Crippen molar-refractivity contribution in [3.63, 3.8) is 0 Å². The molecule has 0 radical (unpaired) electrons. The zero-order valence-electron chi connectivity index (χ0n) is 17.0. The van der Waals surface area contributed by atoms with Crippen molar-refractivity contribution in [2.45, 2.75) is 39.2 Å². The first-order chi connectivity index (χ1) is 14.0. The van der Waals surface area contributed by atoms with Crippen LogP contribution in [0.2, 0.25) is 0 Å². The fourth-order valence-electron chi connectivity index (χ4n) is 4.15. The van der Waals surface area contributed by atoms with Crippen LogP contribution in [-0.4, -0.2) is 33.7 Å². The fraction of sp³-hybridized carbons (Fsp3) is 0.375. The van der Waals surface area contributed by atoms with E-state index in [1.54, 1.807) is 6.07 Å². The van der Waals surface area contributed by atoms with Gasteiger partial charge in [0, 0.05) is 25.0 Å². The van der Waals surface area contributed by atoms with Gasteiger partial charge in [-0.05, 0) is 36.3 Å². The number of fused-ring (bicyclic) bond motifs is 1. The summed E-state index contributed by atoms with van der Waals surface area (Å²) in [6.07, 6.45) is 1.89. The van der Waals surface area contributed by atoms with Gasteiger partial charge in [0.2, 0.25) is 0 Å². The van der Waals surface area contributed by atoms with Gasteiger partial charge in [0.05, 0.1) is 5.39 Å². The van der Waals surface area contributed by atoms with E-state index in [0.29, 0.717) is 42.0 Å². The third kappa shape index (κ3) is 3.95. The molecule has 1 saturated heterocycles. The van der Waals surface area contributed by atoms with Gasteiger partial charge in [-0.15, -0.1) is 0 Å². The molecule has 150 valence electrons. The quantitative estimate of drug-likeness (QED) is 0.676. The molecule has 1 fully saturated rings. The molecule has 5 nitrogen and oxygen atoms in total. The van der Waals surface area contributed by atoms with Crippen molar-refractivity contribution in [3.8, 4) is 0 Å². The van der Waals surface area contributed by atoms with Gasteiger partial charge in [-0.2, -0.15) is 5.10 Å². The molecule has 5 heteroatoms. The number of piperidine rings is 1. The fourth-order valence-corrected chi connectivity index (χ4v) is 4.15. The molecule has 29 heavy (non-hydrogen) atoms. The Labute approximate surface area is 171 Å². The highest BCUT2D eigenvalue weighted by atomic mass is 16.2. The van der Waals surface area contributed by atoms with Gasteiger partial charge in [0.25, 0.3) is 11.5 Å². The minimum atomic E-state index is -0.131. The Morgan fingerprint density at radius 1 is 1.00 bits per heavy atom. The van der Waals surface area contributed by atoms with Crippen molar-refractivity contribution in [1.29, 1.82) is 0 Å². The van der Waals surface area contributed by atoms with E-state index in [9.17, 15) is 9.59 Å². The second kappa shape index (κ2) is 8.19. The lowest BCUT2D eigenvalue weighted by Gasteiger charge is -2.32. The number of nitrogens with zero attached hydrogens (tertiary/aromatic N) is 3. The summed E-state index contributed by atoms with van der Waals surface area (Å²) in [6.45, 7) is 5.99. The summed E-state index contributed by atoms with van der Waals surface area (Å²) in [5.74, 6) is 0.677. The maximum Gasteiger partial charge on any atom is 0.274 e. The Hall–Kier alpha value is -2.95. The van der Waals surface area contributed by atoms with Crippen molar-refractivity contribution in [2.24, 2.45) is 5.92 Å². The van der Waals surface area contributed by atoms with Crippen molar-refractivity contribution in [2.75, 3.05) is 13.1 Å². The highest BCUT2D eigenvalue weighted by Gasteiger charge is 2.27. The molecule has 1 aliphatic rings. The lowest BCUT2D eigenvalue weighted by molar-refractivity contribution is 0.0706. The lowest BCUT2D eigenvalue weighted by atomic mass is 9.89. The van der Waals surface area contributed by atoms with Crippen molar-refractivity contribution in [3.05, 3.63) is 76.2 Å². The van der Waals surface area contributed by atoms with E-state index in [1.807, 2.05) is 43.0 Å². The molecule has 0 saturated carbocycles. The minimum Gasteiger partial charge on any atom is -0.337 e. The van der Waals surface area contributed by atoms with Crippen LogP contribution >= 0.6 is 0 Å². The maximum atomic E-state index is 13.4. The molecular weight excluding hydrogens is 362 g/mol. The third-order valence-corrected chi connectivity index (χ3v) is 5.66. The lowest BCUT2D eigenvalue weighted by Crippen LogP contribution is -2.39. The van der Waals surface area contributed by atoms with Crippen LogP contribution in [0.4, 0.5) is 0 Å². The van der Waals surface area contributed by atoms with Gasteiger partial charge in [0.1, 0.15) is 0 Å². The Bertz CT molecular complexity index is 1060. The molecule has 0 aliphatic carbocycles. The SMILES string of the molecule is CC(C)Cn1nc(C(=O)N2CCC(c3ccccc3)CC2)c2ccccc2c1=O. The van der Waals surface area contributed by atoms with E-state index in [0.717, 1.165) is 12.8 Å². The van der Waals surface area contributed by atoms with Gasteiger partial charge in [0.15, 0.2) is 5.69 Å². The van der Waals surface area contributed by atoms with Gasteiger partial charge < -0.3 is 4.90 Å². The normalized spacial score (nSPS) is 15.2. The number of rotatable bonds is 4. The van der Waals surface area contributed by atoms with E-state index in [-0.39, 0.29) is 17.4 Å². The van der Waals surface area contributed by atoms with Crippen molar-refractivity contribution in [1.82, 2.24) is 14.7 Å². The number of aromatic nitrogens is 2. The molecule has 0 bridgehead atoms. The number of amides is 1. The molecule has 1 aromatic heterocycles. The number of hydrogen-bond donors (Lipinski definition) is 0. The van der Waals surface area contributed by atoms with E-state index < -0.39 is 0 Å². The van der Waals surface area contributed by atoms with Gasteiger partial charge in [-0.25, -0.2) is 4.68 Å². The third-order valence-electron chi connectivity index (χ3n) is 5.66. The molecule has 2 heterocycles. The van der Waals surface area contributed by atoms with E-state index >= 15 is 0 Å². The standard InChI is InChI=1S/C24H27N3O2/c1-17(2)16-27-23(28)21-11-7-6-10-20(21)22(25-27)24(29)26-14-12-19(13-15-26)18-8-4-3-5-9-18/h3-11,17,19H,12-16H2,1-2H3.